The number of rotatable bonds is 1. The monoisotopic (exact) mass is 234 g/mol. The van der Waals surface area contributed by atoms with E-state index in [0.29, 0.717) is 6.79 Å². The van der Waals surface area contributed by atoms with Gasteiger partial charge in [-0.3, -0.25) is 0 Å². The standard InChI is InChI=1S/C7H6O2.C5H4O3/c1-2-4-7-6(3-1)8-5-9-7;6-5(7)4-2-1-3-8-4/h1-4H,5H2;1-3H,(H,6,7). The molecule has 1 aliphatic heterocycles. The molecule has 5 nitrogen and oxygen atoms in total. The van der Waals surface area contributed by atoms with Crippen LogP contribution in [0.1, 0.15) is 10.6 Å². The molecule has 1 N–H and O–H groups in total. The number of ether oxygens (including phenoxy) is 2. The van der Waals surface area contributed by atoms with Gasteiger partial charge in [-0.05, 0) is 24.3 Å². The summed E-state index contributed by atoms with van der Waals surface area (Å²) in [5.74, 6) is 0.634. The highest BCUT2D eigenvalue weighted by Crippen LogP contribution is 2.30. The average Bonchev–Trinajstić information content (AvgIpc) is 3.01. The normalized spacial score (nSPS) is 11.5. The molecule has 2 heterocycles. The van der Waals surface area contributed by atoms with Crippen LogP contribution in [0.2, 0.25) is 0 Å². The molecular weight excluding hydrogens is 224 g/mol. The van der Waals surface area contributed by atoms with E-state index in [1.807, 2.05) is 24.3 Å². The number of carboxylic acids is 1. The Morgan fingerprint density at radius 3 is 2.12 bits per heavy atom. The maximum Gasteiger partial charge on any atom is 0.371 e. The summed E-state index contributed by atoms with van der Waals surface area (Å²) in [6.45, 7) is 0.360. The van der Waals surface area contributed by atoms with Crippen LogP contribution in [0, 0.1) is 0 Å². The Kier molecular flexibility index (Phi) is 3.30. The third-order valence-corrected chi connectivity index (χ3v) is 2.01. The predicted molar refractivity (Wildman–Crippen MR) is 58.2 cm³/mol. The lowest BCUT2D eigenvalue weighted by Gasteiger charge is -1.89. The molecule has 0 atom stereocenters. The van der Waals surface area contributed by atoms with Crippen molar-refractivity contribution in [2.45, 2.75) is 0 Å². The van der Waals surface area contributed by atoms with Gasteiger partial charge in [0.15, 0.2) is 11.5 Å². The second-order valence-corrected chi connectivity index (χ2v) is 3.14. The minimum absolute atomic E-state index is 0.0231. The summed E-state index contributed by atoms with van der Waals surface area (Å²) in [6.07, 6.45) is 1.32. The zero-order valence-electron chi connectivity index (χ0n) is 8.83. The Morgan fingerprint density at radius 2 is 1.71 bits per heavy atom. The number of carboxylic acid groups (broad SMARTS) is 1. The molecule has 0 unspecified atom stereocenters. The molecule has 1 aliphatic rings. The van der Waals surface area contributed by atoms with Crippen LogP contribution < -0.4 is 9.47 Å². The van der Waals surface area contributed by atoms with E-state index in [4.69, 9.17) is 14.6 Å². The second kappa shape index (κ2) is 5.07. The van der Waals surface area contributed by atoms with E-state index in [2.05, 4.69) is 4.42 Å². The van der Waals surface area contributed by atoms with Gasteiger partial charge in [-0.2, -0.15) is 0 Å². The second-order valence-electron chi connectivity index (χ2n) is 3.14. The lowest BCUT2D eigenvalue weighted by molar-refractivity contribution is 0.0662. The number of aromatic carboxylic acids is 1. The number of hydrogen-bond donors (Lipinski definition) is 1. The predicted octanol–water partition coefficient (Wildman–Crippen LogP) is 2.39. The van der Waals surface area contributed by atoms with E-state index >= 15 is 0 Å². The molecule has 0 saturated carbocycles. The van der Waals surface area contributed by atoms with Crippen molar-refractivity contribution in [2.24, 2.45) is 0 Å². The smallest absolute Gasteiger partial charge is 0.371 e. The van der Waals surface area contributed by atoms with E-state index in [1.54, 1.807) is 0 Å². The third-order valence-electron chi connectivity index (χ3n) is 2.01. The fourth-order valence-corrected chi connectivity index (χ4v) is 1.25. The van der Waals surface area contributed by atoms with Gasteiger partial charge in [0.05, 0.1) is 6.26 Å². The van der Waals surface area contributed by atoms with Gasteiger partial charge in [0, 0.05) is 0 Å². The van der Waals surface area contributed by atoms with Gasteiger partial charge in [0.2, 0.25) is 12.6 Å². The van der Waals surface area contributed by atoms with E-state index in [0.717, 1.165) is 11.5 Å². The summed E-state index contributed by atoms with van der Waals surface area (Å²) in [5.41, 5.74) is 0. The molecular formula is C12H10O5. The molecule has 0 saturated heterocycles. The number of furan rings is 1. The maximum absolute atomic E-state index is 9.97. The number of benzene rings is 1. The van der Waals surface area contributed by atoms with Crippen LogP contribution in [-0.4, -0.2) is 17.9 Å². The first-order chi connectivity index (χ1) is 8.27. The van der Waals surface area contributed by atoms with Crippen LogP contribution in [0.15, 0.2) is 47.1 Å². The van der Waals surface area contributed by atoms with Crippen molar-refractivity contribution >= 4 is 5.97 Å². The lowest BCUT2D eigenvalue weighted by Crippen LogP contribution is -1.92. The van der Waals surface area contributed by atoms with Gasteiger partial charge in [-0.1, -0.05) is 12.1 Å². The topological polar surface area (TPSA) is 68.9 Å². The molecule has 0 spiro atoms. The van der Waals surface area contributed by atoms with Crippen LogP contribution in [-0.2, 0) is 0 Å². The Morgan fingerprint density at radius 1 is 1.06 bits per heavy atom. The fourth-order valence-electron chi connectivity index (χ4n) is 1.25. The number of hydrogen-bond acceptors (Lipinski definition) is 4. The van der Waals surface area contributed by atoms with Crippen LogP contribution in [0.3, 0.4) is 0 Å². The van der Waals surface area contributed by atoms with Crippen molar-refractivity contribution in [3.63, 3.8) is 0 Å². The third kappa shape index (κ3) is 2.78. The molecule has 2 aromatic rings. The minimum Gasteiger partial charge on any atom is -0.475 e. The van der Waals surface area contributed by atoms with Gasteiger partial charge < -0.3 is 19.0 Å². The molecule has 0 bridgehead atoms. The summed E-state index contributed by atoms with van der Waals surface area (Å²) in [4.78, 5) is 9.97. The van der Waals surface area contributed by atoms with Crippen LogP contribution in [0.4, 0.5) is 0 Å². The van der Waals surface area contributed by atoms with Crippen molar-refractivity contribution in [2.75, 3.05) is 6.79 Å². The van der Waals surface area contributed by atoms with Gasteiger partial charge in [0.1, 0.15) is 0 Å². The Balaban J connectivity index is 0.000000128. The highest BCUT2D eigenvalue weighted by Gasteiger charge is 2.09. The Hall–Kier alpha value is -2.43. The molecule has 0 fully saturated rings. The summed E-state index contributed by atoms with van der Waals surface area (Å²) in [6, 6.07) is 10.6. The first-order valence-electron chi connectivity index (χ1n) is 4.89. The van der Waals surface area contributed by atoms with Crippen molar-refractivity contribution in [3.05, 3.63) is 48.4 Å². The fraction of sp³-hybridized carbons (Fsp3) is 0.0833. The molecule has 5 heteroatoms. The molecule has 0 aliphatic carbocycles. The zero-order valence-corrected chi connectivity index (χ0v) is 8.83. The van der Waals surface area contributed by atoms with E-state index in [1.165, 1.54) is 18.4 Å². The van der Waals surface area contributed by atoms with E-state index in [-0.39, 0.29) is 5.76 Å². The van der Waals surface area contributed by atoms with Gasteiger partial charge in [-0.25, -0.2) is 4.79 Å². The average molecular weight is 234 g/mol. The van der Waals surface area contributed by atoms with Crippen LogP contribution in [0.5, 0.6) is 11.5 Å². The lowest BCUT2D eigenvalue weighted by atomic mass is 10.3. The summed E-state index contributed by atoms with van der Waals surface area (Å²) < 4.78 is 14.6. The van der Waals surface area contributed by atoms with E-state index in [9.17, 15) is 4.79 Å². The highest BCUT2D eigenvalue weighted by molar-refractivity contribution is 5.84. The molecule has 88 valence electrons. The minimum atomic E-state index is -1.03. The van der Waals surface area contributed by atoms with Crippen LogP contribution >= 0.6 is 0 Å². The largest absolute Gasteiger partial charge is 0.475 e. The molecule has 1 aromatic heterocycles. The molecule has 0 amide bonds. The van der Waals surface area contributed by atoms with Gasteiger partial charge in [-0.15, -0.1) is 0 Å². The summed E-state index contributed by atoms with van der Waals surface area (Å²) in [7, 11) is 0. The summed E-state index contributed by atoms with van der Waals surface area (Å²) >= 11 is 0. The maximum atomic E-state index is 9.97. The molecule has 0 radical (unpaired) electrons. The Labute approximate surface area is 97.2 Å². The number of para-hydroxylation sites is 2. The summed E-state index contributed by atoms with van der Waals surface area (Å²) in [5, 5.41) is 8.18. The van der Waals surface area contributed by atoms with Crippen molar-refractivity contribution in [1.82, 2.24) is 0 Å². The quantitative estimate of drug-likeness (QED) is 0.820. The van der Waals surface area contributed by atoms with Crippen molar-refractivity contribution < 1.29 is 23.8 Å². The van der Waals surface area contributed by atoms with Crippen molar-refractivity contribution in [1.29, 1.82) is 0 Å². The van der Waals surface area contributed by atoms with E-state index < -0.39 is 5.97 Å². The van der Waals surface area contributed by atoms with Gasteiger partial charge in [0.25, 0.3) is 0 Å². The highest BCUT2D eigenvalue weighted by atomic mass is 16.7. The SMILES string of the molecule is O=C(O)c1ccco1.c1ccc2c(c1)OCO2. The first kappa shape index (κ1) is 11.1. The number of carbonyl (C=O) groups is 1. The first-order valence-corrected chi connectivity index (χ1v) is 4.89. The van der Waals surface area contributed by atoms with Gasteiger partial charge >= 0.3 is 5.97 Å². The number of fused-ring (bicyclic) bond motifs is 1. The van der Waals surface area contributed by atoms with Crippen molar-refractivity contribution in [3.8, 4) is 11.5 Å². The van der Waals surface area contributed by atoms with Crippen LogP contribution in [0.25, 0.3) is 0 Å². The molecule has 17 heavy (non-hydrogen) atoms. The zero-order chi connectivity index (χ0) is 12.1. The molecule has 3 rings (SSSR count). The molecule has 1 aromatic carbocycles. The Bertz CT molecular complexity index is 466.